The number of hydrogen-bond donors (Lipinski definition) is 0. The molecule has 1 fully saturated rings. The molecule has 0 amide bonds. The second-order valence-electron chi connectivity index (χ2n) is 3.46. The molecule has 0 heterocycles. The van der Waals surface area contributed by atoms with Gasteiger partial charge in [-0.05, 0) is 25.7 Å². The van der Waals surface area contributed by atoms with E-state index in [4.69, 9.17) is 0 Å². The average Bonchev–Trinajstić information content (AvgIpc) is 2.01. The minimum Gasteiger partial charge on any atom is -0.468 e. The van der Waals surface area contributed by atoms with Crippen molar-refractivity contribution in [2.75, 3.05) is 7.11 Å². The molecule has 1 saturated carbocycles. The smallest absolute Gasteiger partial charge is 0.319 e. The summed E-state index contributed by atoms with van der Waals surface area (Å²) < 4.78 is 4.63. The lowest BCUT2D eigenvalue weighted by Crippen LogP contribution is -2.51. The Hall–Kier alpha value is -0.860. The number of carbonyl (C=O) groups is 2. The molecule has 1 aliphatic rings. The van der Waals surface area contributed by atoms with E-state index in [1.54, 1.807) is 0 Å². The molecule has 0 aromatic carbocycles. The van der Waals surface area contributed by atoms with Gasteiger partial charge in [0, 0.05) is 0 Å². The number of methoxy groups -OCH3 is 1. The first-order valence-electron chi connectivity index (χ1n) is 4.15. The Morgan fingerprint density at radius 3 is 2.17 bits per heavy atom. The molecule has 0 aliphatic heterocycles. The highest BCUT2D eigenvalue weighted by atomic mass is 16.5. The minimum atomic E-state index is -0.811. The summed E-state index contributed by atoms with van der Waals surface area (Å²) in [4.78, 5) is 22.6. The van der Waals surface area contributed by atoms with Crippen molar-refractivity contribution in [3.05, 3.63) is 0 Å². The molecule has 3 nitrogen and oxygen atoms in total. The summed E-state index contributed by atoms with van der Waals surface area (Å²) in [7, 11) is 1.33. The molecule has 0 N–H and O–H groups in total. The molecule has 2 unspecified atom stereocenters. The lowest BCUT2D eigenvalue weighted by atomic mass is 9.59. The van der Waals surface area contributed by atoms with E-state index in [9.17, 15) is 9.59 Å². The molecule has 0 bridgehead atoms. The zero-order valence-electron chi connectivity index (χ0n) is 7.72. The predicted octanol–water partition coefficient (Wildman–Crippen LogP) is 1.16. The minimum absolute atomic E-state index is 0.0619. The van der Waals surface area contributed by atoms with Crippen LogP contribution in [-0.2, 0) is 14.3 Å². The highest BCUT2D eigenvalue weighted by molar-refractivity contribution is 6.03. The third-order valence-electron chi connectivity index (χ3n) is 2.99. The van der Waals surface area contributed by atoms with E-state index in [0.717, 1.165) is 6.42 Å². The van der Waals surface area contributed by atoms with Gasteiger partial charge in [-0.25, -0.2) is 0 Å². The summed E-state index contributed by atoms with van der Waals surface area (Å²) in [5.74, 6) is -0.288. The Balaban J connectivity index is 2.88. The fourth-order valence-electron chi connectivity index (χ4n) is 1.87. The van der Waals surface area contributed by atoms with Crippen LogP contribution in [0.1, 0.15) is 26.7 Å². The number of Topliss-reactive ketones (excluding diaryl/α,β-unsaturated/α-hetero) is 1. The quantitative estimate of drug-likeness (QED) is 0.461. The van der Waals surface area contributed by atoms with Crippen molar-refractivity contribution in [3.63, 3.8) is 0 Å². The zero-order chi connectivity index (χ0) is 9.35. The molecule has 3 heteroatoms. The largest absolute Gasteiger partial charge is 0.468 e. The van der Waals surface area contributed by atoms with Crippen molar-refractivity contribution in [1.82, 2.24) is 0 Å². The first kappa shape index (κ1) is 9.23. The van der Waals surface area contributed by atoms with Crippen LogP contribution in [0.4, 0.5) is 0 Å². The van der Waals surface area contributed by atoms with Crippen LogP contribution in [0.5, 0.6) is 0 Å². The van der Waals surface area contributed by atoms with Gasteiger partial charge in [0.05, 0.1) is 7.11 Å². The van der Waals surface area contributed by atoms with Crippen LogP contribution < -0.4 is 0 Å². The summed E-state index contributed by atoms with van der Waals surface area (Å²) >= 11 is 0. The number of hydrogen-bond acceptors (Lipinski definition) is 3. The summed E-state index contributed by atoms with van der Waals surface area (Å²) in [5, 5.41) is 0. The molecule has 1 rings (SSSR count). The zero-order valence-corrected chi connectivity index (χ0v) is 7.72. The van der Waals surface area contributed by atoms with Crippen molar-refractivity contribution in [3.8, 4) is 0 Å². The van der Waals surface area contributed by atoms with Gasteiger partial charge in [0.25, 0.3) is 0 Å². The first-order chi connectivity index (χ1) is 5.55. The van der Waals surface area contributed by atoms with Crippen molar-refractivity contribution >= 4 is 11.8 Å². The topological polar surface area (TPSA) is 43.4 Å². The lowest BCUT2D eigenvalue weighted by molar-refractivity contribution is -0.169. The van der Waals surface area contributed by atoms with Gasteiger partial charge in [0.1, 0.15) is 11.2 Å². The Bertz CT molecular complexity index is 222. The molecule has 1 aliphatic carbocycles. The summed E-state index contributed by atoms with van der Waals surface area (Å²) in [6, 6.07) is 0. The number of ketones is 1. The molecule has 2 atom stereocenters. The Morgan fingerprint density at radius 2 is 2.08 bits per heavy atom. The Kier molecular flexibility index (Phi) is 2.22. The van der Waals surface area contributed by atoms with Crippen LogP contribution in [-0.4, -0.2) is 18.9 Å². The van der Waals surface area contributed by atoms with E-state index in [1.807, 2.05) is 6.92 Å². The average molecular weight is 170 g/mol. The number of esters is 1. The molecule has 0 saturated heterocycles. The lowest BCUT2D eigenvalue weighted by Gasteiger charge is -2.43. The Morgan fingerprint density at radius 1 is 1.50 bits per heavy atom. The van der Waals surface area contributed by atoms with E-state index in [0.29, 0.717) is 6.42 Å². The van der Waals surface area contributed by atoms with Crippen molar-refractivity contribution < 1.29 is 14.3 Å². The Labute approximate surface area is 72.1 Å². The standard InChI is InChI=1S/C9H14O3/c1-6-4-5-9(6,7(2)10)8(11)12-3/h6H,4-5H2,1-3H3. The van der Waals surface area contributed by atoms with Crippen LogP contribution in [0.25, 0.3) is 0 Å². The number of rotatable bonds is 2. The SMILES string of the molecule is COC(=O)C1(C(C)=O)CCC1C. The van der Waals surface area contributed by atoms with E-state index >= 15 is 0 Å². The highest BCUT2D eigenvalue weighted by Gasteiger charge is 2.55. The molecule has 68 valence electrons. The molecular formula is C9H14O3. The third kappa shape index (κ3) is 0.958. The van der Waals surface area contributed by atoms with Crippen LogP contribution in [0, 0.1) is 11.3 Å². The monoisotopic (exact) mass is 170 g/mol. The fourth-order valence-corrected chi connectivity index (χ4v) is 1.87. The van der Waals surface area contributed by atoms with Gasteiger partial charge in [-0.3, -0.25) is 9.59 Å². The van der Waals surface area contributed by atoms with E-state index in [2.05, 4.69) is 4.74 Å². The summed E-state index contributed by atoms with van der Waals surface area (Å²) in [6.45, 7) is 3.38. The van der Waals surface area contributed by atoms with E-state index in [-0.39, 0.29) is 17.7 Å². The van der Waals surface area contributed by atoms with Gasteiger partial charge in [-0.15, -0.1) is 0 Å². The highest BCUT2D eigenvalue weighted by Crippen LogP contribution is 2.47. The van der Waals surface area contributed by atoms with Crippen molar-refractivity contribution in [2.24, 2.45) is 11.3 Å². The third-order valence-corrected chi connectivity index (χ3v) is 2.99. The van der Waals surface area contributed by atoms with Crippen molar-refractivity contribution in [1.29, 1.82) is 0 Å². The normalized spacial score (nSPS) is 33.8. The van der Waals surface area contributed by atoms with Gasteiger partial charge in [0.15, 0.2) is 0 Å². The second kappa shape index (κ2) is 2.88. The van der Waals surface area contributed by atoms with Crippen molar-refractivity contribution in [2.45, 2.75) is 26.7 Å². The van der Waals surface area contributed by atoms with Gasteiger partial charge < -0.3 is 4.74 Å². The summed E-state index contributed by atoms with van der Waals surface area (Å²) in [5.41, 5.74) is -0.811. The van der Waals surface area contributed by atoms with E-state index in [1.165, 1.54) is 14.0 Å². The molecular weight excluding hydrogens is 156 g/mol. The maximum absolute atomic E-state index is 11.3. The summed E-state index contributed by atoms with van der Waals surface area (Å²) in [6.07, 6.45) is 1.59. The number of carbonyl (C=O) groups excluding carboxylic acids is 2. The number of ether oxygens (including phenoxy) is 1. The van der Waals surface area contributed by atoms with Gasteiger partial charge in [-0.1, -0.05) is 6.92 Å². The molecule has 12 heavy (non-hydrogen) atoms. The molecule has 0 aromatic rings. The van der Waals surface area contributed by atoms with Gasteiger partial charge in [0.2, 0.25) is 0 Å². The van der Waals surface area contributed by atoms with Crippen LogP contribution >= 0.6 is 0 Å². The van der Waals surface area contributed by atoms with Crippen LogP contribution in [0.3, 0.4) is 0 Å². The maximum atomic E-state index is 11.3. The first-order valence-corrected chi connectivity index (χ1v) is 4.15. The van der Waals surface area contributed by atoms with E-state index < -0.39 is 5.41 Å². The molecule has 0 aromatic heterocycles. The fraction of sp³-hybridized carbons (Fsp3) is 0.778. The van der Waals surface area contributed by atoms with Crippen LogP contribution in [0.15, 0.2) is 0 Å². The maximum Gasteiger partial charge on any atom is 0.319 e. The second-order valence-corrected chi connectivity index (χ2v) is 3.46. The predicted molar refractivity (Wildman–Crippen MR) is 43.5 cm³/mol. The van der Waals surface area contributed by atoms with Gasteiger partial charge in [-0.2, -0.15) is 0 Å². The van der Waals surface area contributed by atoms with Crippen LogP contribution in [0.2, 0.25) is 0 Å². The van der Waals surface area contributed by atoms with Gasteiger partial charge >= 0.3 is 5.97 Å². The molecule has 0 radical (unpaired) electrons. The molecule has 0 spiro atoms.